The lowest BCUT2D eigenvalue weighted by Gasteiger charge is -2.38. The normalized spacial score (nSPS) is 25.9. The molecule has 9 rings (SSSR count). The van der Waals surface area contributed by atoms with Gasteiger partial charge in [-0.25, -0.2) is 21.6 Å². The molecule has 2 saturated carbocycles. The molecule has 3 aliphatic heterocycles. The third-order valence-electron chi connectivity index (χ3n) is 13.5. The van der Waals surface area contributed by atoms with Crippen LogP contribution in [0.2, 0.25) is 0 Å². The van der Waals surface area contributed by atoms with E-state index in [0.29, 0.717) is 25.3 Å². The first kappa shape index (κ1) is 36.9. The first-order valence-corrected chi connectivity index (χ1v) is 23.1. The smallest absolute Gasteiger partial charge is 0.264 e. The lowest BCUT2D eigenvalue weighted by Crippen LogP contribution is -2.53. The maximum atomic E-state index is 15.6. The summed E-state index contributed by atoms with van der Waals surface area (Å²) < 4.78 is 67.8. The number of nitrogens with zero attached hydrogens (tertiary/aromatic N) is 3. The summed E-state index contributed by atoms with van der Waals surface area (Å²) in [5.41, 5.74) is 6.52. The number of sulfonamides is 2. The molecule has 4 heterocycles. The first-order valence-electron chi connectivity index (χ1n) is 20.1. The van der Waals surface area contributed by atoms with E-state index in [1.165, 1.54) is 31.4 Å². The number of hydrogen-bond donors (Lipinski definition) is 1. The molecule has 10 nitrogen and oxygen atoms in total. The average Bonchev–Trinajstić information content (AvgIpc) is 3.69. The molecular weight excluding hydrogens is 733 g/mol. The molecule has 2 saturated heterocycles. The number of carbonyl (C=O) groups is 1. The first-order chi connectivity index (χ1) is 26.4. The van der Waals surface area contributed by atoms with E-state index < -0.39 is 36.0 Å². The van der Waals surface area contributed by atoms with Gasteiger partial charge >= 0.3 is 0 Å². The average molecular weight is 785 g/mol. The molecule has 0 spiro atoms. The quantitative estimate of drug-likeness (QED) is 0.194. The van der Waals surface area contributed by atoms with Gasteiger partial charge in [0.1, 0.15) is 10.5 Å². The summed E-state index contributed by atoms with van der Waals surface area (Å²) in [6.07, 6.45) is 7.88. The van der Waals surface area contributed by atoms with Gasteiger partial charge in [-0.05, 0) is 105 Å². The van der Waals surface area contributed by atoms with Crippen molar-refractivity contribution in [2.24, 2.45) is 5.92 Å². The molecule has 55 heavy (non-hydrogen) atoms. The highest BCUT2D eigenvalue weighted by Crippen LogP contribution is 2.64. The predicted molar refractivity (Wildman–Crippen MR) is 215 cm³/mol. The molecule has 3 aromatic carbocycles. The Hall–Kier alpha value is -3.71. The zero-order valence-corrected chi connectivity index (χ0v) is 33.7. The molecular formula is C43H52N4O6S2. The van der Waals surface area contributed by atoms with Crippen LogP contribution in [0.15, 0.2) is 66.7 Å². The van der Waals surface area contributed by atoms with Crippen molar-refractivity contribution in [1.82, 2.24) is 18.5 Å². The van der Waals surface area contributed by atoms with Crippen LogP contribution >= 0.6 is 0 Å². The van der Waals surface area contributed by atoms with E-state index in [4.69, 9.17) is 4.74 Å². The molecule has 0 radical (unpaired) electrons. The van der Waals surface area contributed by atoms with Crippen molar-refractivity contribution in [3.63, 3.8) is 0 Å². The Morgan fingerprint density at radius 1 is 0.927 bits per heavy atom. The van der Waals surface area contributed by atoms with Crippen LogP contribution in [0.25, 0.3) is 22.2 Å². The number of hydrogen-bond acceptors (Lipinski definition) is 7. The molecule has 1 N–H and O–H groups in total. The van der Waals surface area contributed by atoms with Crippen LogP contribution in [0.1, 0.15) is 104 Å². The Morgan fingerprint density at radius 2 is 1.71 bits per heavy atom. The summed E-state index contributed by atoms with van der Waals surface area (Å²) in [5, 5.41) is 0.233. The summed E-state index contributed by atoms with van der Waals surface area (Å²) in [4.78, 5) is 16.0. The van der Waals surface area contributed by atoms with Crippen LogP contribution in [0.4, 0.5) is 0 Å². The molecule has 292 valence electrons. The van der Waals surface area contributed by atoms with Gasteiger partial charge in [-0.3, -0.25) is 9.69 Å². The van der Waals surface area contributed by atoms with Gasteiger partial charge in [0, 0.05) is 66.7 Å². The highest BCUT2D eigenvalue weighted by Gasteiger charge is 2.68. The second kappa shape index (κ2) is 13.7. The Bertz CT molecular complexity index is 2370. The number of ether oxygens (including phenoxy) is 1. The molecule has 2 aliphatic carbocycles. The Morgan fingerprint density at radius 3 is 2.45 bits per heavy atom. The Labute approximate surface area is 325 Å². The summed E-state index contributed by atoms with van der Waals surface area (Å²) >= 11 is 0. The summed E-state index contributed by atoms with van der Waals surface area (Å²) in [7, 11) is -6.05. The SMILES string of the molecule is COc1ccc2c(c1)C1CC1(S(=O)(=O)N1CCCC3CN(Cc4ccccc4)C[C@H]31)Cn1c-2c(C2CCCCC2)c2ccc(C(=O)NS(=O)(=O)C(C)C)cc21. The molecule has 3 unspecified atom stereocenters. The molecule has 4 aromatic rings. The molecule has 1 aromatic heterocycles. The number of aromatic nitrogens is 1. The van der Waals surface area contributed by atoms with Crippen molar-refractivity contribution < 1.29 is 26.4 Å². The number of carbonyl (C=O) groups excluding carboxylic acids is 1. The van der Waals surface area contributed by atoms with E-state index in [2.05, 4.69) is 50.6 Å². The van der Waals surface area contributed by atoms with E-state index in [0.717, 1.165) is 79.3 Å². The lowest BCUT2D eigenvalue weighted by atomic mass is 9.81. The zero-order chi connectivity index (χ0) is 38.3. The van der Waals surface area contributed by atoms with Crippen molar-refractivity contribution in [1.29, 1.82) is 0 Å². The van der Waals surface area contributed by atoms with E-state index in [1.807, 2.05) is 22.5 Å². The second-order valence-electron chi connectivity index (χ2n) is 17.0. The fourth-order valence-corrected chi connectivity index (χ4v) is 13.7. The van der Waals surface area contributed by atoms with Crippen molar-refractivity contribution in [2.45, 2.75) is 106 Å². The molecule has 5 aliphatic rings. The van der Waals surface area contributed by atoms with Crippen LogP contribution in [-0.4, -0.2) is 79.3 Å². The van der Waals surface area contributed by atoms with Gasteiger partial charge < -0.3 is 9.30 Å². The number of amides is 1. The van der Waals surface area contributed by atoms with Gasteiger partial charge in [0.15, 0.2) is 0 Å². The van der Waals surface area contributed by atoms with Crippen LogP contribution < -0.4 is 9.46 Å². The van der Waals surface area contributed by atoms with Crippen LogP contribution in [-0.2, 0) is 33.1 Å². The zero-order valence-electron chi connectivity index (χ0n) is 32.0. The highest BCUT2D eigenvalue weighted by atomic mass is 32.2. The van der Waals surface area contributed by atoms with E-state index in [-0.39, 0.29) is 35.9 Å². The fourth-order valence-electron chi connectivity index (χ4n) is 10.5. The van der Waals surface area contributed by atoms with Gasteiger partial charge in [0.05, 0.1) is 18.1 Å². The number of piperidine rings is 1. The maximum absolute atomic E-state index is 15.6. The van der Waals surface area contributed by atoms with Crippen molar-refractivity contribution in [3.05, 3.63) is 89.0 Å². The van der Waals surface area contributed by atoms with Crippen LogP contribution in [0, 0.1) is 5.92 Å². The number of rotatable bonds is 9. The van der Waals surface area contributed by atoms with Crippen molar-refractivity contribution >= 4 is 36.9 Å². The summed E-state index contributed by atoms with van der Waals surface area (Å²) in [6.45, 7) is 6.26. The molecule has 4 fully saturated rings. The predicted octanol–water partition coefficient (Wildman–Crippen LogP) is 7.00. The number of likely N-dealkylation sites (tertiary alicyclic amines) is 1. The van der Waals surface area contributed by atoms with E-state index in [9.17, 15) is 13.2 Å². The summed E-state index contributed by atoms with van der Waals surface area (Å²) in [6, 6.07) is 21.9. The van der Waals surface area contributed by atoms with Gasteiger partial charge in [-0.1, -0.05) is 55.7 Å². The van der Waals surface area contributed by atoms with Crippen LogP contribution in [0.3, 0.4) is 0 Å². The second-order valence-corrected chi connectivity index (χ2v) is 21.4. The minimum Gasteiger partial charge on any atom is -0.497 e. The van der Waals surface area contributed by atoms with Crippen molar-refractivity contribution in [3.8, 4) is 17.0 Å². The molecule has 0 bridgehead atoms. The third-order valence-corrected chi connectivity index (χ3v) is 17.8. The van der Waals surface area contributed by atoms with Crippen molar-refractivity contribution in [2.75, 3.05) is 26.7 Å². The maximum Gasteiger partial charge on any atom is 0.264 e. The minimum atomic E-state index is -3.86. The van der Waals surface area contributed by atoms with Gasteiger partial charge in [0.2, 0.25) is 20.0 Å². The monoisotopic (exact) mass is 784 g/mol. The summed E-state index contributed by atoms with van der Waals surface area (Å²) in [5.74, 6) is 0.361. The fraction of sp³-hybridized carbons (Fsp3) is 0.512. The molecule has 4 atom stereocenters. The van der Waals surface area contributed by atoms with E-state index >= 15 is 8.42 Å². The largest absolute Gasteiger partial charge is 0.497 e. The standard InChI is InChI=1S/C43H52N4O6S2/c1-28(2)54(49,50)44-42(48)31-16-18-35-38(21-31)46-27-43(55(51,52)47-20-10-15-32-25-45(26-39(32)47)24-29-11-6-4-7-12-29)23-37(43)36-22-33(53-3)17-19-34(36)41(46)40(35)30-13-8-5-9-14-30/h4,6-7,11-12,16-19,21-22,28,30,32,37,39H,5,8-10,13-15,20,23-27H2,1-3H3,(H,44,48)/t32?,37?,39-,43?/m1/s1. The van der Waals surface area contributed by atoms with Gasteiger partial charge in [-0.15, -0.1) is 0 Å². The minimum absolute atomic E-state index is 0.0806. The van der Waals surface area contributed by atoms with Gasteiger partial charge in [-0.2, -0.15) is 4.31 Å². The number of methoxy groups -OCH3 is 1. The lowest BCUT2D eigenvalue weighted by molar-refractivity contribution is 0.0981. The van der Waals surface area contributed by atoms with Crippen LogP contribution in [0.5, 0.6) is 5.75 Å². The third kappa shape index (κ3) is 6.13. The van der Waals surface area contributed by atoms with E-state index in [1.54, 1.807) is 19.2 Å². The number of benzene rings is 3. The topological polar surface area (TPSA) is 118 Å². The van der Waals surface area contributed by atoms with Gasteiger partial charge in [0.25, 0.3) is 5.91 Å². The molecule has 1 amide bonds. The number of nitrogens with one attached hydrogen (secondary N) is 1. The Kier molecular flexibility index (Phi) is 9.22. The Balaban J connectivity index is 1.18. The highest BCUT2D eigenvalue weighted by molar-refractivity contribution is 7.91. The molecule has 12 heteroatoms. The number of fused-ring (bicyclic) bond motifs is 8.